The molecule has 4 aromatic rings. The fourth-order valence-electron chi connectivity index (χ4n) is 4.63. The smallest absolute Gasteiger partial charge is 0.273 e. The minimum atomic E-state index is -0.511. The average molecular weight is 589 g/mol. The molecule has 2 aromatic heterocycles. The third-order valence-corrected chi connectivity index (χ3v) is 9.07. The average Bonchev–Trinajstić information content (AvgIpc) is 3.68. The van der Waals surface area contributed by atoms with Gasteiger partial charge in [-0.15, -0.1) is 21.5 Å². The number of rotatable bonds is 6. The monoisotopic (exact) mass is 587 g/mol. The lowest BCUT2D eigenvalue weighted by Gasteiger charge is -2.37. The highest BCUT2D eigenvalue weighted by atomic mass is 35.5. The van der Waals surface area contributed by atoms with Gasteiger partial charge in [-0.3, -0.25) is 9.36 Å². The molecule has 196 valence electrons. The Morgan fingerprint density at radius 1 is 1.05 bits per heavy atom. The van der Waals surface area contributed by atoms with Gasteiger partial charge in [0, 0.05) is 41.9 Å². The third-order valence-electron chi connectivity index (χ3n) is 6.54. The number of hydrogen-bond donors (Lipinski definition) is 0. The van der Waals surface area contributed by atoms with Crippen molar-refractivity contribution < 1.29 is 14.3 Å². The van der Waals surface area contributed by atoms with Crippen LogP contribution in [-0.4, -0.2) is 62.6 Å². The number of hydrogen-bond acceptors (Lipinski definition) is 8. The lowest BCUT2D eigenvalue weighted by atomic mass is 10.0. The molecule has 0 aliphatic carbocycles. The van der Waals surface area contributed by atoms with Gasteiger partial charge in [-0.25, -0.2) is 4.98 Å². The second-order valence-corrected chi connectivity index (χ2v) is 11.6. The van der Waals surface area contributed by atoms with E-state index in [0.717, 1.165) is 16.3 Å². The van der Waals surface area contributed by atoms with Crippen LogP contribution in [0.4, 0.5) is 0 Å². The Balaban J connectivity index is 1.19. The van der Waals surface area contributed by atoms with E-state index in [1.807, 2.05) is 63.4 Å². The summed E-state index contributed by atoms with van der Waals surface area (Å²) < 4.78 is 13.5. The minimum absolute atomic E-state index is 0.0616. The normalized spacial score (nSPS) is 16.8. The van der Waals surface area contributed by atoms with Gasteiger partial charge in [0.2, 0.25) is 0 Å². The first-order valence-corrected chi connectivity index (χ1v) is 14.7. The van der Waals surface area contributed by atoms with Crippen LogP contribution in [-0.2, 0) is 15.2 Å². The number of thiazole rings is 1. The Hall–Kier alpha value is -2.47. The van der Waals surface area contributed by atoms with Crippen molar-refractivity contribution >= 4 is 52.2 Å². The number of carbonyl (C=O) groups excluding carboxylic acids is 1. The fourth-order valence-corrected chi connectivity index (χ4v) is 6.77. The molecule has 6 rings (SSSR count). The Bertz CT molecular complexity index is 1460. The molecule has 2 aliphatic heterocycles. The van der Waals surface area contributed by atoms with Crippen molar-refractivity contribution in [1.82, 2.24) is 24.6 Å². The second kappa shape index (κ2) is 11.0. The molecule has 2 aromatic carbocycles. The van der Waals surface area contributed by atoms with Gasteiger partial charge in [-0.2, -0.15) is 0 Å². The van der Waals surface area contributed by atoms with E-state index in [0.29, 0.717) is 71.6 Å². The summed E-state index contributed by atoms with van der Waals surface area (Å²) in [5.41, 5.74) is 2.06. The summed E-state index contributed by atoms with van der Waals surface area (Å²) in [5.74, 6) is 0.578. The lowest BCUT2D eigenvalue weighted by molar-refractivity contribution is -0.181. The molecule has 2 fully saturated rings. The molecule has 0 bridgehead atoms. The van der Waals surface area contributed by atoms with Gasteiger partial charge in [0.1, 0.15) is 10.7 Å². The molecule has 0 unspecified atom stereocenters. The van der Waals surface area contributed by atoms with Crippen molar-refractivity contribution in [2.24, 2.45) is 0 Å². The number of piperidine rings is 1. The molecule has 0 saturated carbocycles. The standard InChI is InChI=1S/C26H23Cl2N5O3S2/c27-17-4-3-5-18(14-17)33-23(19-6-1-2-7-20(19)28)30-31-25(33)38-16-22-29-21(15-37-22)24(34)32-10-8-26(9-11-32)35-12-13-36-26/h1-7,14-15H,8-13,16H2. The zero-order valence-corrected chi connectivity index (χ0v) is 23.3. The van der Waals surface area contributed by atoms with Gasteiger partial charge in [0.05, 0.1) is 29.7 Å². The number of nitrogens with zero attached hydrogens (tertiary/aromatic N) is 5. The molecule has 38 heavy (non-hydrogen) atoms. The summed E-state index contributed by atoms with van der Waals surface area (Å²) in [6.07, 6.45) is 1.36. The molecule has 4 heterocycles. The summed E-state index contributed by atoms with van der Waals surface area (Å²) >= 11 is 15.7. The zero-order chi connectivity index (χ0) is 26.1. The SMILES string of the molecule is O=C(c1csc(CSc2nnc(-c3ccccc3Cl)n2-c2cccc(Cl)c2)n1)N1CCC2(CC1)OCCO2. The van der Waals surface area contributed by atoms with Crippen LogP contribution in [0.2, 0.25) is 10.0 Å². The highest BCUT2D eigenvalue weighted by Gasteiger charge is 2.41. The van der Waals surface area contributed by atoms with Crippen LogP contribution in [0.25, 0.3) is 17.1 Å². The Morgan fingerprint density at radius 3 is 2.61 bits per heavy atom. The maximum absolute atomic E-state index is 13.1. The predicted molar refractivity (Wildman–Crippen MR) is 148 cm³/mol. The van der Waals surface area contributed by atoms with Gasteiger partial charge in [0.15, 0.2) is 16.8 Å². The quantitative estimate of drug-likeness (QED) is 0.257. The first-order chi connectivity index (χ1) is 18.5. The number of thioether (sulfide) groups is 1. The molecule has 12 heteroatoms. The number of carbonyl (C=O) groups is 1. The van der Waals surface area contributed by atoms with Gasteiger partial charge < -0.3 is 14.4 Å². The van der Waals surface area contributed by atoms with E-state index < -0.39 is 5.79 Å². The summed E-state index contributed by atoms with van der Waals surface area (Å²) in [4.78, 5) is 19.5. The highest BCUT2D eigenvalue weighted by Crippen LogP contribution is 2.35. The van der Waals surface area contributed by atoms with Crippen LogP contribution >= 0.6 is 46.3 Å². The van der Waals surface area contributed by atoms with Crippen molar-refractivity contribution in [3.8, 4) is 17.1 Å². The lowest BCUT2D eigenvalue weighted by Crippen LogP contribution is -2.47. The third kappa shape index (κ3) is 5.21. The summed E-state index contributed by atoms with van der Waals surface area (Å²) in [5, 5.41) is 13.4. The molecule has 8 nitrogen and oxygen atoms in total. The molecule has 0 N–H and O–H groups in total. The molecule has 1 amide bonds. The van der Waals surface area contributed by atoms with Gasteiger partial charge in [0.25, 0.3) is 5.91 Å². The maximum atomic E-state index is 13.1. The molecule has 1 spiro atoms. The van der Waals surface area contributed by atoms with Crippen molar-refractivity contribution in [1.29, 1.82) is 0 Å². The van der Waals surface area contributed by atoms with Crippen LogP contribution in [0.5, 0.6) is 0 Å². The highest BCUT2D eigenvalue weighted by molar-refractivity contribution is 7.98. The first-order valence-electron chi connectivity index (χ1n) is 12.1. The van der Waals surface area contributed by atoms with E-state index in [-0.39, 0.29) is 5.91 Å². The van der Waals surface area contributed by atoms with E-state index in [2.05, 4.69) is 15.2 Å². The van der Waals surface area contributed by atoms with Gasteiger partial charge in [-0.05, 0) is 30.3 Å². The summed E-state index contributed by atoms with van der Waals surface area (Å²) in [6.45, 7) is 2.42. The minimum Gasteiger partial charge on any atom is -0.347 e. The van der Waals surface area contributed by atoms with Gasteiger partial charge in [-0.1, -0.05) is 53.2 Å². The van der Waals surface area contributed by atoms with Crippen LogP contribution in [0.3, 0.4) is 0 Å². The van der Waals surface area contributed by atoms with Crippen LogP contribution in [0.15, 0.2) is 59.1 Å². The molecular formula is C26H23Cl2N5O3S2. The van der Waals surface area contributed by atoms with Crippen LogP contribution < -0.4 is 0 Å². The van der Waals surface area contributed by atoms with Crippen LogP contribution in [0.1, 0.15) is 28.3 Å². The number of halogens is 2. The van der Waals surface area contributed by atoms with Crippen molar-refractivity contribution in [3.05, 3.63) is 74.7 Å². The first kappa shape index (κ1) is 25.8. The number of amides is 1. The molecular weight excluding hydrogens is 565 g/mol. The zero-order valence-electron chi connectivity index (χ0n) is 20.2. The van der Waals surface area contributed by atoms with Crippen molar-refractivity contribution in [2.45, 2.75) is 29.5 Å². The maximum Gasteiger partial charge on any atom is 0.273 e. The van der Waals surface area contributed by atoms with Crippen LogP contribution in [0, 0.1) is 0 Å². The number of benzene rings is 2. The molecule has 0 atom stereocenters. The largest absolute Gasteiger partial charge is 0.347 e. The fraction of sp³-hybridized carbons (Fsp3) is 0.308. The van der Waals surface area contributed by atoms with E-state index in [1.165, 1.54) is 23.1 Å². The van der Waals surface area contributed by atoms with Crippen molar-refractivity contribution in [2.75, 3.05) is 26.3 Å². The number of aromatic nitrogens is 4. The molecule has 2 aliphatic rings. The Morgan fingerprint density at radius 2 is 1.84 bits per heavy atom. The summed E-state index contributed by atoms with van der Waals surface area (Å²) in [7, 11) is 0. The Labute approximate surface area is 237 Å². The Kier molecular flexibility index (Phi) is 7.43. The number of likely N-dealkylation sites (tertiary alicyclic amines) is 1. The predicted octanol–water partition coefficient (Wildman–Crippen LogP) is 5.97. The van der Waals surface area contributed by atoms with E-state index >= 15 is 0 Å². The second-order valence-electron chi connectivity index (χ2n) is 8.92. The summed E-state index contributed by atoms with van der Waals surface area (Å²) in [6, 6.07) is 15.0. The topological polar surface area (TPSA) is 82.4 Å². The van der Waals surface area contributed by atoms with E-state index in [9.17, 15) is 4.79 Å². The molecule has 2 saturated heterocycles. The van der Waals surface area contributed by atoms with Crippen molar-refractivity contribution in [3.63, 3.8) is 0 Å². The molecule has 0 radical (unpaired) electrons. The van der Waals surface area contributed by atoms with E-state index in [4.69, 9.17) is 32.7 Å². The van der Waals surface area contributed by atoms with Gasteiger partial charge >= 0.3 is 0 Å². The van der Waals surface area contributed by atoms with E-state index in [1.54, 1.807) is 0 Å². The number of ether oxygens (including phenoxy) is 2.